The highest BCUT2D eigenvalue weighted by atomic mass is 19.4. The summed E-state index contributed by atoms with van der Waals surface area (Å²) in [5.74, 6) is -0.226. The molecule has 0 aliphatic rings. The van der Waals surface area contributed by atoms with Crippen molar-refractivity contribution in [3.63, 3.8) is 0 Å². The predicted octanol–water partition coefficient (Wildman–Crippen LogP) is 0.974. The molecule has 2 amide bonds. The van der Waals surface area contributed by atoms with Crippen LogP contribution in [0.2, 0.25) is 0 Å². The summed E-state index contributed by atoms with van der Waals surface area (Å²) < 4.78 is 41.3. The summed E-state index contributed by atoms with van der Waals surface area (Å²) in [6.45, 7) is 0.845. The Morgan fingerprint density at radius 3 is 2.78 bits per heavy atom. The zero-order chi connectivity index (χ0) is 13.8. The van der Waals surface area contributed by atoms with Crippen LogP contribution in [0.15, 0.2) is 12.4 Å². The summed E-state index contributed by atoms with van der Waals surface area (Å²) in [5, 5.41) is 2.24. The second-order valence-corrected chi connectivity index (χ2v) is 3.37. The average Bonchev–Trinajstić information content (AvgIpc) is 2.25. The molecular formula is C9H11F3N4O2. The standard InChI is InChI=1S/C9H11F3N4O2/c1-5(9(10,11)12)18-7-2-6(15-4-16-7)3-14-8(13)17/h2,4-5H,3H2,1H3,(H3,13,14,17). The molecule has 1 rings (SSSR count). The van der Waals surface area contributed by atoms with Crippen LogP contribution in [0, 0.1) is 0 Å². The van der Waals surface area contributed by atoms with Gasteiger partial charge in [-0.25, -0.2) is 14.8 Å². The molecule has 9 heteroatoms. The number of carbonyl (C=O) groups excluding carboxylic acids is 1. The third-order valence-corrected chi connectivity index (χ3v) is 1.90. The van der Waals surface area contributed by atoms with Gasteiger partial charge in [0.15, 0.2) is 6.10 Å². The number of halogens is 3. The van der Waals surface area contributed by atoms with Crippen LogP contribution in [0.4, 0.5) is 18.0 Å². The van der Waals surface area contributed by atoms with Crippen LogP contribution in [0.3, 0.4) is 0 Å². The minimum Gasteiger partial charge on any atom is -0.465 e. The molecule has 18 heavy (non-hydrogen) atoms. The van der Waals surface area contributed by atoms with Gasteiger partial charge in [-0.1, -0.05) is 0 Å². The van der Waals surface area contributed by atoms with Crippen molar-refractivity contribution in [1.29, 1.82) is 0 Å². The van der Waals surface area contributed by atoms with E-state index in [4.69, 9.17) is 5.73 Å². The molecule has 1 unspecified atom stereocenters. The Balaban J connectivity index is 2.67. The van der Waals surface area contributed by atoms with Crippen molar-refractivity contribution in [3.8, 4) is 5.88 Å². The Labute approximate surface area is 100 Å². The lowest BCUT2D eigenvalue weighted by Crippen LogP contribution is -2.31. The van der Waals surface area contributed by atoms with Crippen molar-refractivity contribution in [1.82, 2.24) is 15.3 Å². The predicted molar refractivity (Wildman–Crippen MR) is 54.6 cm³/mol. The van der Waals surface area contributed by atoms with Crippen LogP contribution in [0.5, 0.6) is 5.88 Å². The van der Waals surface area contributed by atoms with Crippen molar-refractivity contribution in [2.24, 2.45) is 5.73 Å². The summed E-state index contributed by atoms with van der Waals surface area (Å²) in [7, 11) is 0. The lowest BCUT2D eigenvalue weighted by atomic mass is 10.4. The number of nitrogens with one attached hydrogen (secondary N) is 1. The molecule has 100 valence electrons. The fourth-order valence-corrected chi connectivity index (χ4v) is 0.964. The van der Waals surface area contributed by atoms with E-state index in [1.165, 1.54) is 6.07 Å². The van der Waals surface area contributed by atoms with Crippen LogP contribution in [0.25, 0.3) is 0 Å². The Kier molecular flexibility index (Phi) is 4.29. The molecule has 0 aliphatic heterocycles. The van der Waals surface area contributed by atoms with Crippen molar-refractivity contribution >= 4 is 6.03 Å². The number of amides is 2. The number of urea groups is 1. The second kappa shape index (κ2) is 5.52. The van der Waals surface area contributed by atoms with Gasteiger partial charge in [0.25, 0.3) is 0 Å². The third-order valence-electron chi connectivity index (χ3n) is 1.90. The Morgan fingerprint density at radius 1 is 1.56 bits per heavy atom. The van der Waals surface area contributed by atoms with Crippen LogP contribution >= 0.6 is 0 Å². The zero-order valence-corrected chi connectivity index (χ0v) is 9.36. The van der Waals surface area contributed by atoms with Crippen molar-refractivity contribution in [2.75, 3.05) is 0 Å². The Bertz CT molecular complexity index is 425. The topological polar surface area (TPSA) is 90.1 Å². The number of aromatic nitrogens is 2. The molecule has 0 saturated carbocycles. The van der Waals surface area contributed by atoms with Crippen LogP contribution < -0.4 is 15.8 Å². The summed E-state index contributed by atoms with van der Waals surface area (Å²) in [4.78, 5) is 17.7. The van der Waals surface area contributed by atoms with Gasteiger partial charge < -0.3 is 15.8 Å². The molecular weight excluding hydrogens is 253 g/mol. The summed E-state index contributed by atoms with van der Waals surface area (Å²) in [5.41, 5.74) is 5.13. The van der Waals surface area contributed by atoms with E-state index in [2.05, 4.69) is 20.0 Å². The molecule has 0 saturated heterocycles. The summed E-state index contributed by atoms with van der Waals surface area (Å²) in [6.07, 6.45) is -5.42. The smallest absolute Gasteiger partial charge is 0.425 e. The number of ether oxygens (including phenoxy) is 1. The molecule has 0 radical (unpaired) electrons. The second-order valence-electron chi connectivity index (χ2n) is 3.37. The van der Waals surface area contributed by atoms with Gasteiger partial charge in [0.2, 0.25) is 5.88 Å². The van der Waals surface area contributed by atoms with Gasteiger partial charge in [-0.05, 0) is 6.92 Å². The van der Waals surface area contributed by atoms with E-state index in [1.54, 1.807) is 0 Å². The molecule has 0 spiro atoms. The number of alkyl halides is 3. The van der Waals surface area contributed by atoms with Crippen LogP contribution in [0.1, 0.15) is 12.6 Å². The number of nitrogens with two attached hydrogens (primary N) is 1. The van der Waals surface area contributed by atoms with Crippen molar-refractivity contribution in [2.45, 2.75) is 25.7 Å². The highest BCUT2D eigenvalue weighted by Crippen LogP contribution is 2.23. The van der Waals surface area contributed by atoms with Crippen LogP contribution in [-0.2, 0) is 6.54 Å². The van der Waals surface area contributed by atoms with E-state index in [0.29, 0.717) is 0 Å². The first kappa shape index (κ1) is 14.0. The molecule has 1 aromatic heterocycles. The highest BCUT2D eigenvalue weighted by molar-refractivity contribution is 5.71. The lowest BCUT2D eigenvalue weighted by Gasteiger charge is -2.16. The first-order valence-electron chi connectivity index (χ1n) is 4.86. The quantitative estimate of drug-likeness (QED) is 0.848. The van der Waals surface area contributed by atoms with E-state index in [0.717, 1.165) is 13.3 Å². The van der Waals surface area contributed by atoms with E-state index >= 15 is 0 Å². The minimum atomic E-state index is -4.48. The van der Waals surface area contributed by atoms with Gasteiger partial charge in [0.05, 0.1) is 12.2 Å². The third kappa shape index (κ3) is 4.44. The first-order valence-corrected chi connectivity index (χ1v) is 4.86. The molecule has 3 N–H and O–H groups in total. The summed E-state index contributed by atoms with van der Waals surface area (Å²) in [6, 6.07) is 0.429. The number of hydrogen-bond acceptors (Lipinski definition) is 4. The monoisotopic (exact) mass is 264 g/mol. The Morgan fingerprint density at radius 2 is 2.22 bits per heavy atom. The average molecular weight is 264 g/mol. The van der Waals surface area contributed by atoms with Gasteiger partial charge >= 0.3 is 12.2 Å². The number of hydrogen-bond donors (Lipinski definition) is 2. The van der Waals surface area contributed by atoms with Gasteiger partial charge in [-0.15, -0.1) is 0 Å². The maximum Gasteiger partial charge on any atom is 0.425 e. The van der Waals surface area contributed by atoms with Gasteiger partial charge in [-0.3, -0.25) is 0 Å². The molecule has 1 aromatic rings. The maximum atomic E-state index is 12.2. The van der Waals surface area contributed by atoms with E-state index in [1.807, 2.05) is 0 Å². The maximum absolute atomic E-state index is 12.2. The molecule has 6 nitrogen and oxygen atoms in total. The molecule has 0 aromatic carbocycles. The van der Waals surface area contributed by atoms with Gasteiger partial charge in [-0.2, -0.15) is 13.2 Å². The van der Waals surface area contributed by atoms with Crippen molar-refractivity contribution < 1.29 is 22.7 Å². The van der Waals surface area contributed by atoms with E-state index < -0.39 is 18.3 Å². The number of carbonyl (C=O) groups is 1. The lowest BCUT2D eigenvalue weighted by molar-refractivity contribution is -0.190. The normalized spacial score (nSPS) is 12.9. The SMILES string of the molecule is CC(Oc1cc(CNC(N)=O)ncn1)C(F)(F)F. The minimum absolute atomic E-state index is 0.0192. The van der Waals surface area contributed by atoms with Gasteiger partial charge in [0, 0.05) is 6.07 Å². The van der Waals surface area contributed by atoms with E-state index in [-0.39, 0.29) is 18.1 Å². The van der Waals surface area contributed by atoms with E-state index in [9.17, 15) is 18.0 Å². The van der Waals surface area contributed by atoms with Gasteiger partial charge in [0.1, 0.15) is 6.33 Å². The molecule has 0 bridgehead atoms. The largest absolute Gasteiger partial charge is 0.465 e. The highest BCUT2D eigenvalue weighted by Gasteiger charge is 2.38. The summed E-state index contributed by atoms with van der Waals surface area (Å²) >= 11 is 0. The zero-order valence-electron chi connectivity index (χ0n) is 9.36. The first-order chi connectivity index (χ1) is 8.29. The number of rotatable bonds is 4. The molecule has 1 atom stereocenters. The number of nitrogens with zero attached hydrogens (tertiary/aromatic N) is 2. The molecule has 0 fully saturated rings. The molecule has 0 aliphatic carbocycles. The fourth-order valence-electron chi connectivity index (χ4n) is 0.964. The Hall–Kier alpha value is -2.06. The van der Waals surface area contributed by atoms with Crippen LogP contribution in [-0.4, -0.2) is 28.3 Å². The van der Waals surface area contributed by atoms with Crippen molar-refractivity contribution in [3.05, 3.63) is 18.1 Å². The number of primary amides is 1. The fraction of sp³-hybridized carbons (Fsp3) is 0.444. The molecule has 1 heterocycles.